The van der Waals surface area contributed by atoms with E-state index in [1.165, 1.54) is 4.68 Å². The Morgan fingerprint density at radius 1 is 1.07 bits per heavy atom. The molecule has 1 N–H and O–H groups in total. The van der Waals surface area contributed by atoms with E-state index in [0.717, 1.165) is 5.56 Å². The number of nitrogens with zero attached hydrogens (tertiary/aromatic N) is 3. The van der Waals surface area contributed by atoms with Crippen molar-refractivity contribution in [1.29, 1.82) is 0 Å². The number of aromatic nitrogens is 2. The Morgan fingerprint density at radius 2 is 1.70 bits per heavy atom. The van der Waals surface area contributed by atoms with Crippen molar-refractivity contribution in [2.75, 3.05) is 27.2 Å². The summed E-state index contributed by atoms with van der Waals surface area (Å²) in [5.41, 5.74) is 1.06. The molecule has 0 saturated heterocycles. The molecule has 0 aliphatic carbocycles. The number of rotatable bonds is 6. The van der Waals surface area contributed by atoms with E-state index in [1.807, 2.05) is 43.4 Å². The van der Waals surface area contributed by atoms with E-state index in [9.17, 15) is 9.59 Å². The Balaban J connectivity index is 0.00000261. The topological polar surface area (TPSA) is 67.2 Å². The number of likely N-dealkylation sites (N-methyl/N-ethyl adjacent to an activating group) is 2. The summed E-state index contributed by atoms with van der Waals surface area (Å²) >= 11 is 0. The number of carbonyl (C=O) groups is 1. The molecule has 0 atom stereocenters. The maximum atomic E-state index is 12.9. The van der Waals surface area contributed by atoms with Crippen LogP contribution in [0.4, 0.5) is 0 Å². The number of nitrogens with one attached hydrogen (secondary N) is 1. The van der Waals surface area contributed by atoms with Crippen molar-refractivity contribution in [3.8, 4) is 0 Å². The molecular formula is C20H23ClN4O2. The number of amides is 1. The normalized spacial score (nSPS) is 10.4. The van der Waals surface area contributed by atoms with Crippen LogP contribution in [-0.2, 0) is 6.54 Å². The van der Waals surface area contributed by atoms with Crippen LogP contribution in [0.5, 0.6) is 0 Å². The first-order chi connectivity index (χ1) is 12.6. The van der Waals surface area contributed by atoms with Crippen LogP contribution in [0.2, 0.25) is 0 Å². The number of halogens is 1. The zero-order valence-electron chi connectivity index (χ0n) is 15.4. The highest BCUT2D eigenvalue weighted by Gasteiger charge is 2.19. The van der Waals surface area contributed by atoms with E-state index >= 15 is 0 Å². The fourth-order valence-electron chi connectivity index (χ4n) is 2.82. The Hall–Kier alpha value is -2.70. The molecule has 0 saturated carbocycles. The lowest BCUT2D eigenvalue weighted by Gasteiger charge is -2.18. The molecule has 1 heterocycles. The summed E-state index contributed by atoms with van der Waals surface area (Å²) in [7, 11) is 3.58. The Morgan fingerprint density at radius 3 is 2.37 bits per heavy atom. The summed E-state index contributed by atoms with van der Waals surface area (Å²) < 4.78 is 1.37. The van der Waals surface area contributed by atoms with Crippen LogP contribution in [0.3, 0.4) is 0 Å². The van der Waals surface area contributed by atoms with E-state index in [4.69, 9.17) is 0 Å². The number of benzene rings is 2. The molecule has 0 unspecified atom stereocenters. The Kier molecular flexibility index (Phi) is 7.10. The quantitative estimate of drug-likeness (QED) is 0.705. The van der Waals surface area contributed by atoms with Gasteiger partial charge < -0.3 is 10.2 Å². The SMILES string of the molecule is CNCCN(C)C(=O)c1nn(Cc2ccccc2)c(=O)c2ccccc12.Cl. The third-order valence-corrected chi connectivity index (χ3v) is 4.29. The molecule has 142 valence electrons. The minimum absolute atomic E-state index is 0. The summed E-state index contributed by atoms with van der Waals surface area (Å²) in [6.45, 7) is 1.57. The Bertz CT molecular complexity index is 973. The summed E-state index contributed by atoms with van der Waals surface area (Å²) in [5, 5.41) is 8.53. The summed E-state index contributed by atoms with van der Waals surface area (Å²) in [5.74, 6) is -0.196. The van der Waals surface area contributed by atoms with Gasteiger partial charge in [0.15, 0.2) is 5.69 Å². The van der Waals surface area contributed by atoms with Crippen molar-refractivity contribution in [2.45, 2.75) is 6.54 Å². The van der Waals surface area contributed by atoms with Gasteiger partial charge in [0.05, 0.1) is 11.9 Å². The zero-order valence-corrected chi connectivity index (χ0v) is 16.2. The van der Waals surface area contributed by atoms with Crippen molar-refractivity contribution in [2.24, 2.45) is 0 Å². The second-order valence-electron chi connectivity index (χ2n) is 6.17. The van der Waals surface area contributed by atoms with E-state index in [0.29, 0.717) is 36.1 Å². The molecule has 0 radical (unpaired) electrons. The molecule has 1 amide bonds. The highest BCUT2D eigenvalue weighted by atomic mass is 35.5. The largest absolute Gasteiger partial charge is 0.339 e. The fraction of sp³-hybridized carbons (Fsp3) is 0.250. The standard InChI is InChI=1S/C20H22N4O2.ClH/c1-21-12-13-23(2)20(26)18-16-10-6-7-11-17(16)19(25)24(22-18)14-15-8-4-3-5-9-15;/h3-11,21H,12-14H2,1-2H3;1H. The maximum absolute atomic E-state index is 12.9. The van der Waals surface area contributed by atoms with Gasteiger partial charge in [-0.25, -0.2) is 4.68 Å². The number of fused-ring (bicyclic) bond motifs is 1. The Labute approximate surface area is 164 Å². The van der Waals surface area contributed by atoms with Gasteiger partial charge in [-0.05, 0) is 18.7 Å². The van der Waals surface area contributed by atoms with E-state index in [-0.39, 0.29) is 23.9 Å². The van der Waals surface area contributed by atoms with Gasteiger partial charge in [-0.15, -0.1) is 12.4 Å². The molecule has 0 bridgehead atoms. The van der Waals surface area contributed by atoms with Crippen molar-refractivity contribution in [3.63, 3.8) is 0 Å². The van der Waals surface area contributed by atoms with Gasteiger partial charge in [0.1, 0.15) is 0 Å². The molecule has 0 aliphatic heterocycles. The molecule has 6 nitrogen and oxygen atoms in total. The molecule has 3 rings (SSSR count). The minimum atomic E-state index is -0.196. The lowest BCUT2D eigenvalue weighted by atomic mass is 10.1. The maximum Gasteiger partial charge on any atom is 0.274 e. The fourth-order valence-corrected chi connectivity index (χ4v) is 2.82. The third kappa shape index (κ3) is 4.53. The van der Waals surface area contributed by atoms with Gasteiger partial charge in [0.2, 0.25) is 0 Å². The molecule has 0 fully saturated rings. The van der Waals surface area contributed by atoms with Crippen LogP contribution in [0, 0.1) is 0 Å². The summed E-state index contributed by atoms with van der Waals surface area (Å²) in [4.78, 5) is 27.3. The monoisotopic (exact) mass is 386 g/mol. The third-order valence-electron chi connectivity index (χ3n) is 4.29. The summed E-state index contributed by atoms with van der Waals surface area (Å²) in [6.07, 6.45) is 0. The van der Waals surface area contributed by atoms with E-state index < -0.39 is 0 Å². The van der Waals surface area contributed by atoms with Gasteiger partial charge in [-0.2, -0.15) is 5.10 Å². The van der Waals surface area contributed by atoms with Crippen LogP contribution in [-0.4, -0.2) is 47.8 Å². The van der Waals surface area contributed by atoms with Crippen LogP contribution in [0.25, 0.3) is 10.8 Å². The van der Waals surface area contributed by atoms with Gasteiger partial charge >= 0.3 is 0 Å². The lowest BCUT2D eigenvalue weighted by molar-refractivity contribution is 0.0790. The molecule has 1 aromatic heterocycles. The second kappa shape index (κ2) is 9.30. The number of hydrogen-bond acceptors (Lipinski definition) is 4. The average Bonchev–Trinajstić information content (AvgIpc) is 2.68. The van der Waals surface area contributed by atoms with Gasteiger partial charge in [0.25, 0.3) is 11.5 Å². The second-order valence-corrected chi connectivity index (χ2v) is 6.17. The van der Waals surface area contributed by atoms with Crippen molar-refractivity contribution in [1.82, 2.24) is 20.0 Å². The zero-order chi connectivity index (χ0) is 18.5. The van der Waals surface area contributed by atoms with E-state index in [1.54, 1.807) is 30.1 Å². The predicted molar refractivity (Wildman–Crippen MR) is 110 cm³/mol. The highest BCUT2D eigenvalue weighted by Crippen LogP contribution is 2.15. The first-order valence-corrected chi connectivity index (χ1v) is 8.55. The molecule has 2 aromatic carbocycles. The number of hydrogen-bond donors (Lipinski definition) is 1. The van der Waals surface area contributed by atoms with Crippen molar-refractivity contribution >= 4 is 29.1 Å². The van der Waals surface area contributed by atoms with Crippen LogP contribution >= 0.6 is 12.4 Å². The van der Waals surface area contributed by atoms with Crippen molar-refractivity contribution in [3.05, 3.63) is 76.2 Å². The van der Waals surface area contributed by atoms with Crippen LogP contribution in [0.15, 0.2) is 59.4 Å². The first-order valence-electron chi connectivity index (χ1n) is 8.55. The lowest BCUT2D eigenvalue weighted by Crippen LogP contribution is -2.35. The molecule has 3 aromatic rings. The van der Waals surface area contributed by atoms with E-state index in [2.05, 4.69) is 10.4 Å². The van der Waals surface area contributed by atoms with Crippen molar-refractivity contribution < 1.29 is 4.79 Å². The van der Waals surface area contributed by atoms with Gasteiger partial charge in [0, 0.05) is 25.5 Å². The molecule has 27 heavy (non-hydrogen) atoms. The minimum Gasteiger partial charge on any atom is -0.339 e. The van der Waals surface area contributed by atoms with Gasteiger partial charge in [-0.1, -0.05) is 48.5 Å². The molecule has 0 aliphatic rings. The first kappa shape index (κ1) is 20.6. The number of carbonyl (C=O) groups excluding carboxylic acids is 1. The average molecular weight is 387 g/mol. The molecular weight excluding hydrogens is 364 g/mol. The summed E-state index contributed by atoms with van der Waals surface area (Å²) in [6, 6.07) is 16.8. The molecule has 7 heteroatoms. The molecule has 0 spiro atoms. The van der Waals surface area contributed by atoms with Crippen LogP contribution in [0.1, 0.15) is 16.1 Å². The smallest absolute Gasteiger partial charge is 0.274 e. The highest BCUT2D eigenvalue weighted by molar-refractivity contribution is 6.04. The van der Waals surface area contributed by atoms with Crippen LogP contribution < -0.4 is 10.9 Å². The predicted octanol–water partition coefficient (Wildman–Crippen LogP) is 2.16. The van der Waals surface area contributed by atoms with Gasteiger partial charge in [-0.3, -0.25) is 9.59 Å².